The summed E-state index contributed by atoms with van der Waals surface area (Å²) < 4.78 is 7.44. The van der Waals surface area contributed by atoms with Crippen LogP contribution < -0.4 is 10.6 Å². The average Bonchev–Trinajstić information content (AvgIpc) is 3.17. The van der Waals surface area contributed by atoms with Crippen molar-refractivity contribution in [3.05, 3.63) is 66.2 Å². The van der Waals surface area contributed by atoms with Gasteiger partial charge in [0.05, 0.1) is 18.9 Å². The first-order valence-electron chi connectivity index (χ1n) is 9.08. The van der Waals surface area contributed by atoms with Gasteiger partial charge in [-0.15, -0.1) is 10.2 Å². The second kappa shape index (κ2) is 8.45. The molecule has 2 N–H and O–H groups in total. The molecule has 1 aliphatic rings. The van der Waals surface area contributed by atoms with Crippen LogP contribution in [0.4, 0.5) is 5.95 Å². The summed E-state index contributed by atoms with van der Waals surface area (Å²) in [5.74, 6) is 0.333. The lowest BCUT2D eigenvalue weighted by atomic mass is 10.1. The summed E-state index contributed by atoms with van der Waals surface area (Å²) in [5.41, 5.74) is 7.49. The predicted molar refractivity (Wildman–Crippen MR) is 109 cm³/mol. The van der Waals surface area contributed by atoms with Gasteiger partial charge >= 0.3 is 0 Å². The number of amides is 1. The van der Waals surface area contributed by atoms with Crippen molar-refractivity contribution in [2.75, 3.05) is 31.2 Å². The number of nitrogens with zero attached hydrogens (tertiary/aromatic N) is 4. The van der Waals surface area contributed by atoms with Crippen molar-refractivity contribution in [3.8, 4) is 5.69 Å². The average molecular weight is 395 g/mol. The van der Waals surface area contributed by atoms with Gasteiger partial charge in [-0.1, -0.05) is 60.3 Å². The van der Waals surface area contributed by atoms with E-state index in [-0.39, 0.29) is 0 Å². The number of benzene rings is 2. The first-order valence-corrected chi connectivity index (χ1v) is 9.96. The number of anilines is 1. The van der Waals surface area contributed by atoms with Crippen molar-refractivity contribution >= 4 is 23.6 Å². The molecule has 7 nitrogen and oxygen atoms in total. The molecule has 1 fully saturated rings. The number of morpholine rings is 1. The molecule has 8 heteroatoms. The van der Waals surface area contributed by atoms with Crippen molar-refractivity contribution in [3.63, 3.8) is 0 Å². The van der Waals surface area contributed by atoms with Crippen molar-refractivity contribution in [1.82, 2.24) is 14.8 Å². The Bertz CT molecular complexity index is 926. The molecule has 1 aromatic heterocycles. The van der Waals surface area contributed by atoms with Gasteiger partial charge in [0.15, 0.2) is 5.16 Å². The lowest BCUT2D eigenvalue weighted by Crippen LogP contribution is -2.37. The highest BCUT2D eigenvalue weighted by Crippen LogP contribution is 2.37. The number of primary amides is 1. The Morgan fingerprint density at radius 2 is 1.64 bits per heavy atom. The number of para-hydroxylation sites is 1. The van der Waals surface area contributed by atoms with Crippen LogP contribution >= 0.6 is 11.8 Å². The molecule has 0 spiro atoms. The maximum absolute atomic E-state index is 12.2. The van der Waals surface area contributed by atoms with Crippen LogP contribution in [-0.4, -0.2) is 47.0 Å². The van der Waals surface area contributed by atoms with Crippen LogP contribution in [-0.2, 0) is 9.53 Å². The minimum absolute atomic E-state index is 0.410. The van der Waals surface area contributed by atoms with E-state index in [2.05, 4.69) is 15.1 Å². The minimum Gasteiger partial charge on any atom is -0.378 e. The highest BCUT2D eigenvalue weighted by molar-refractivity contribution is 8.00. The third-order valence-electron chi connectivity index (χ3n) is 4.51. The number of hydrogen-bond acceptors (Lipinski definition) is 6. The number of rotatable bonds is 6. The molecule has 1 saturated heterocycles. The molecule has 0 bridgehead atoms. The molecular formula is C20H21N5O2S. The molecule has 4 rings (SSSR count). The monoisotopic (exact) mass is 395 g/mol. The normalized spacial score (nSPS) is 15.4. The smallest absolute Gasteiger partial charge is 0.235 e. The first kappa shape index (κ1) is 18.5. The van der Waals surface area contributed by atoms with Crippen molar-refractivity contribution in [1.29, 1.82) is 0 Å². The molecule has 2 aromatic carbocycles. The van der Waals surface area contributed by atoms with Crippen LogP contribution in [0.3, 0.4) is 0 Å². The lowest BCUT2D eigenvalue weighted by Gasteiger charge is -2.28. The van der Waals surface area contributed by atoms with Gasteiger partial charge in [-0.05, 0) is 17.7 Å². The largest absolute Gasteiger partial charge is 0.378 e. The van der Waals surface area contributed by atoms with E-state index in [0.717, 1.165) is 30.3 Å². The third-order valence-corrected chi connectivity index (χ3v) is 5.72. The quantitative estimate of drug-likeness (QED) is 0.645. The van der Waals surface area contributed by atoms with Crippen molar-refractivity contribution in [2.45, 2.75) is 10.4 Å². The van der Waals surface area contributed by atoms with Gasteiger partial charge in [0, 0.05) is 13.1 Å². The summed E-state index contributed by atoms with van der Waals surface area (Å²) in [4.78, 5) is 14.3. The Balaban J connectivity index is 1.74. The fraction of sp³-hybridized carbons (Fsp3) is 0.250. The Labute approximate surface area is 167 Å². The molecule has 28 heavy (non-hydrogen) atoms. The maximum atomic E-state index is 12.2. The molecule has 0 radical (unpaired) electrons. The Hall–Kier alpha value is -2.84. The highest BCUT2D eigenvalue weighted by atomic mass is 32.2. The number of carbonyl (C=O) groups excluding carboxylic acids is 1. The summed E-state index contributed by atoms with van der Waals surface area (Å²) in [6.45, 7) is 2.79. The molecule has 3 aromatic rings. The second-order valence-corrected chi connectivity index (χ2v) is 7.44. The molecule has 1 atom stereocenters. The van der Waals surface area contributed by atoms with Gasteiger partial charge in [-0.3, -0.25) is 9.36 Å². The van der Waals surface area contributed by atoms with E-state index < -0.39 is 11.2 Å². The fourth-order valence-corrected chi connectivity index (χ4v) is 4.13. The van der Waals surface area contributed by atoms with E-state index in [0.29, 0.717) is 18.4 Å². The minimum atomic E-state index is -0.551. The standard InChI is InChI=1S/C20H21N5O2S/c21-18(26)17(15-7-3-1-4-8-15)28-20-23-22-19(24-11-13-27-14-12-24)25(20)16-9-5-2-6-10-16/h1-10,17H,11-14H2,(H2,21,26). The molecule has 144 valence electrons. The number of ether oxygens (including phenoxy) is 1. The third kappa shape index (κ3) is 3.88. The van der Waals surface area contributed by atoms with E-state index in [9.17, 15) is 4.79 Å². The summed E-state index contributed by atoms with van der Waals surface area (Å²) >= 11 is 1.31. The van der Waals surface area contributed by atoms with Gasteiger partial charge in [0.25, 0.3) is 0 Å². The molecule has 1 unspecified atom stereocenters. The zero-order valence-corrected chi connectivity index (χ0v) is 16.1. The Morgan fingerprint density at radius 1 is 1.00 bits per heavy atom. The van der Waals surface area contributed by atoms with E-state index >= 15 is 0 Å². The summed E-state index contributed by atoms with van der Waals surface area (Å²) in [6, 6.07) is 19.4. The SMILES string of the molecule is NC(=O)C(Sc1nnc(N2CCOCC2)n1-c1ccccc1)c1ccccc1. The Kier molecular flexibility index (Phi) is 5.59. The molecule has 1 aliphatic heterocycles. The summed E-state index contributed by atoms with van der Waals surface area (Å²) in [6.07, 6.45) is 0. The van der Waals surface area contributed by atoms with Gasteiger partial charge in [-0.25, -0.2) is 0 Å². The van der Waals surface area contributed by atoms with E-state index in [1.54, 1.807) is 0 Å². The number of hydrogen-bond donors (Lipinski definition) is 1. The highest BCUT2D eigenvalue weighted by Gasteiger charge is 2.26. The zero-order chi connectivity index (χ0) is 19.3. The van der Waals surface area contributed by atoms with Crippen molar-refractivity contribution in [2.24, 2.45) is 5.73 Å². The van der Waals surface area contributed by atoms with Crippen LogP contribution in [0.5, 0.6) is 0 Å². The van der Waals surface area contributed by atoms with E-state index in [1.807, 2.05) is 65.2 Å². The number of nitrogens with two attached hydrogens (primary N) is 1. The predicted octanol–water partition coefficient (Wildman–Crippen LogP) is 2.42. The van der Waals surface area contributed by atoms with Crippen LogP contribution in [0.1, 0.15) is 10.8 Å². The molecule has 0 saturated carbocycles. The van der Waals surface area contributed by atoms with Crippen LogP contribution in [0.25, 0.3) is 5.69 Å². The van der Waals surface area contributed by atoms with Gasteiger partial charge in [0.1, 0.15) is 5.25 Å². The van der Waals surface area contributed by atoms with Gasteiger partial charge in [0.2, 0.25) is 11.9 Å². The van der Waals surface area contributed by atoms with E-state index in [4.69, 9.17) is 10.5 Å². The number of thioether (sulfide) groups is 1. The van der Waals surface area contributed by atoms with Crippen LogP contribution in [0.2, 0.25) is 0 Å². The summed E-state index contributed by atoms with van der Waals surface area (Å²) in [5, 5.41) is 8.91. The van der Waals surface area contributed by atoms with E-state index in [1.165, 1.54) is 11.8 Å². The molecular weight excluding hydrogens is 374 g/mol. The topological polar surface area (TPSA) is 86.3 Å². The maximum Gasteiger partial charge on any atom is 0.235 e. The fourth-order valence-electron chi connectivity index (χ4n) is 3.13. The van der Waals surface area contributed by atoms with Gasteiger partial charge < -0.3 is 15.4 Å². The van der Waals surface area contributed by atoms with Gasteiger partial charge in [-0.2, -0.15) is 0 Å². The molecule has 1 amide bonds. The number of aromatic nitrogens is 3. The zero-order valence-electron chi connectivity index (χ0n) is 15.3. The van der Waals surface area contributed by atoms with Crippen molar-refractivity contribution < 1.29 is 9.53 Å². The Morgan fingerprint density at radius 3 is 2.29 bits per heavy atom. The second-order valence-electron chi connectivity index (χ2n) is 6.36. The first-order chi connectivity index (χ1) is 13.7. The van der Waals surface area contributed by atoms with Crippen LogP contribution in [0, 0.1) is 0 Å². The summed E-state index contributed by atoms with van der Waals surface area (Å²) in [7, 11) is 0. The van der Waals surface area contributed by atoms with Crippen LogP contribution in [0.15, 0.2) is 65.8 Å². The lowest BCUT2D eigenvalue weighted by molar-refractivity contribution is -0.117. The number of carbonyl (C=O) groups is 1. The molecule has 2 heterocycles. The molecule has 0 aliphatic carbocycles.